The lowest BCUT2D eigenvalue weighted by Gasteiger charge is -2.17. The van der Waals surface area contributed by atoms with Gasteiger partial charge in [-0.05, 0) is 18.2 Å². The minimum absolute atomic E-state index is 0.0608. The van der Waals surface area contributed by atoms with Gasteiger partial charge in [0.15, 0.2) is 0 Å². The fourth-order valence-corrected chi connectivity index (χ4v) is 3.95. The summed E-state index contributed by atoms with van der Waals surface area (Å²) in [6.07, 6.45) is 1.83. The van der Waals surface area contributed by atoms with Gasteiger partial charge in [0.25, 0.3) is 5.56 Å². The van der Waals surface area contributed by atoms with Crippen LogP contribution in [0.15, 0.2) is 40.2 Å². The molecule has 0 saturated heterocycles. The first-order valence-corrected chi connectivity index (χ1v) is 9.63. The molecule has 10 nitrogen and oxygen atoms in total. The second-order valence-electron chi connectivity index (χ2n) is 6.25. The zero-order valence-corrected chi connectivity index (χ0v) is 16.2. The number of anilines is 1. The fraction of sp³-hybridized carbons (Fsp3) is 0.176. The van der Waals surface area contributed by atoms with Gasteiger partial charge in [0.1, 0.15) is 11.2 Å². The molecule has 2 aromatic heterocycles. The second kappa shape index (κ2) is 7.56. The first kappa shape index (κ1) is 20.4. The second-order valence-corrected chi connectivity index (χ2v) is 8.26. The van der Waals surface area contributed by atoms with Gasteiger partial charge < -0.3 is 9.88 Å². The summed E-state index contributed by atoms with van der Waals surface area (Å²) in [5.41, 5.74) is -0.315. The Hall–Kier alpha value is -3.38. The summed E-state index contributed by atoms with van der Waals surface area (Å²) in [4.78, 5) is 34.6. The molecule has 0 unspecified atom stereocenters. The van der Waals surface area contributed by atoms with E-state index in [1.807, 2.05) is 0 Å². The number of halogens is 1. The van der Waals surface area contributed by atoms with Crippen molar-refractivity contribution in [3.8, 4) is 0 Å². The van der Waals surface area contributed by atoms with Crippen molar-refractivity contribution in [3.63, 3.8) is 0 Å². The number of carbonyl (C=O) groups excluding carboxylic acids is 2. The van der Waals surface area contributed by atoms with Crippen molar-refractivity contribution in [1.29, 1.82) is 0 Å². The number of hydrogen-bond donors (Lipinski definition) is 2. The molecular formula is C17H16FN5O5S. The summed E-state index contributed by atoms with van der Waals surface area (Å²) in [6, 6.07) is 4.91. The maximum atomic E-state index is 13.8. The van der Waals surface area contributed by atoms with Crippen LogP contribution in [0.25, 0.3) is 10.9 Å². The predicted octanol–water partition coefficient (Wildman–Crippen LogP) is 0.472. The molecule has 1 aromatic carbocycles. The molecule has 29 heavy (non-hydrogen) atoms. The Bertz CT molecular complexity index is 1280. The molecule has 0 radical (unpaired) electrons. The number of rotatable bonds is 6. The van der Waals surface area contributed by atoms with Crippen molar-refractivity contribution in [2.75, 3.05) is 18.9 Å². The van der Waals surface area contributed by atoms with Crippen LogP contribution in [0, 0.1) is 5.95 Å². The van der Waals surface area contributed by atoms with E-state index in [1.165, 1.54) is 29.0 Å². The van der Waals surface area contributed by atoms with Crippen molar-refractivity contribution in [1.82, 2.24) is 19.1 Å². The molecule has 0 fully saturated rings. The standard InChI is InChI=1S/C17H16FN5O5S/c1-22-4-3-11(7-15(22)26)19-14(25)8-23(2)29(27,28)13-6-10(9-24)5-12-16(13)20-21-17(12)18/h3-7,9H,8H2,1-2H3,(H,19,25)(H,20,21). The maximum Gasteiger partial charge on any atom is 0.252 e. The van der Waals surface area contributed by atoms with Gasteiger partial charge >= 0.3 is 0 Å². The lowest BCUT2D eigenvalue weighted by molar-refractivity contribution is -0.116. The van der Waals surface area contributed by atoms with Gasteiger partial charge in [-0.3, -0.25) is 19.5 Å². The molecule has 0 spiro atoms. The van der Waals surface area contributed by atoms with E-state index in [2.05, 4.69) is 15.5 Å². The molecule has 0 bridgehead atoms. The number of aromatic nitrogens is 3. The van der Waals surface area contributed by atoms with E-state index in [-0.39, 0.29) is 27.7 Å². The monoisotopic (exact) mass is 421 g/mol. The van der Waals surface area contributed by atoms with Crippen LogP contribution in [-0.2, 0) is 21.9 Å². The van der Waals surface area contributed by atoms with Gasteiger partial charge in [0.2, 0.25) is 21.9 Å². The van der Waals surface area contributed by atoms with Crippen LogP contribution >= 0.6 is 0 Å². The van der Waals surface area contributed by atoms with E-state index in [4.69, 9.17) is 0 Å². The number of pyridine rings is 1. The lowest BCUT2D eigenvalue weighted by Crippen LogP contribution is -2.35. The molecular weight excluding hydrogens is 405 g/mol. The van der Waals surface area contributed by atoms with Crippen LogP contribution in [0.5, 0.6) is 0 Å². The Morgan fingerprint density at radius 3 is 2.76 bits per heavy atom. The number of aromatic amines is 1. The number of nitrogens with zero attached hydrogens (tertiary/aromatic N) is 3. The Morgan fingerprint density at radius 2 is 2.10 bits per heavy atom. The van der Waals surface area contributed by atoms with Crippen molar-refractivity contribution >= 4 is 38.8 Å². The zero-order valence-electron chi connectivity index (χ0n) is 15.3. The third kappa shape index (κ3) is 3.93. The number of benzene rings is 1. The van der Waals surface area contributed by atoms with Gasteiger partial charge in [-0.1, -0.05) is 0 Å². The van der Waals surface area contributed by atoms with E-state index in [0.717, 1.165) is 17.4 Å². The first-order chi connectivity index (χ1) is 13.6. The largest absolute Gasteiger partial charge is 0.325 e. The lowest BCUT2D eigenvalue weighted by atomic mass is 10.2. The molecule has 12 heteroatoms. The van der Waals surface area contributed by atoms with Crippen molar-refractivity contribution in [2.24, 2.45) is 7.05 Å². The molecule has 0 aliphatic carbocycles. The highest BCUT2D eigenvalue weighted by atomic mass is 32.2. The highest BCUT2D eigenvalue weighted by Crippen LogP contribution is 2.26. The number of carbonyl (C=O) groups is 2. The normalized spacial score (nSPS) is 11.7. The average Bonchev–Trinajstić information content (AvgIpc) is 3.04. The highest BCUT2D eigenvalue weighted by Gasteiger charge is 2.27. The minimum atomic E-state index is -4.28. The van der Waals surface area contributed by atoms with E-state index in [0.29, 0.717) is 6.29 Å². The van der Waals surface area contributed by atoms with E-state index < -0.39 is 33.3 Å². The van der Waals surface area contributed by atoms with Crippen LogP contribution in [0.2, 0.25) is 0 Å². The number of fused-ring (bicyclic) bond motifs is 1. The molecule has 2 N–H and O–H groups in total. The van der Waals surface area contributed by atoms with Crippen LogP contribution in [0.4, 0.5) is 10.1 Å². The molecule has 3 rings (SSSR count). The topological polar surface area (TPSA) is 134 Å². The molecule has 2 heterocycles. The molecule has 1 amide bonds. The molecule has 0 saturated carbocycles. The van der Waals surface area contributed by atoms with Crippen molar-refractivity contribution in [2.45, 2.75) is 4.90 Å². The number of hydrogen-bond acceptors (Lipinski definition) is 6. The fourth-order valence-electron chi connectivity index (χ4n) is 2.63. The Kier molecular flexibility index (Phi) is 5.31. The van der Waals surface area contributed by atoms with Crippen molar-refractivity contribution < 1.29 is 22.4 Å². The van der Waals surface area contributed by atoms with Gasteiger partial charge in [-0.25, -0.2) is 8.42 Å². The predicted molar refractivity (Wildman–Crippen MR) is 102 cm³/mol. The van der Waals surface area contributed by atoms with E-state index >= 15 is 0 Å². The number of aryl methyl sites for hydroxylation is 1. The zero-order chi connectivity index (χ0) is 21.3. The smallest absolute Gasteiger partial charge is 0.252 e. The summed E-state index contributed by atoms with van der Waals surface area (Å²) in [5, 5.41) is 7.90. The third-order valence-corrected chi connectivity index (χ3v) is 6.02. The maximum absolute atomic E-state index is 13.8. The van der Waals surface area contributed by atoms with Crippen LogP contribution in [0.3, 0.4) is 0 Å². The average molecular weight is 421 g/mol. The minimum Gasteiger partial charge on any atom is -0.325 e. The number of sulfonamides is 1. The SMILES string of the molecule is CN(CC(=O)Nc1ccn(C)c(=O)c1)S(=O)(=O)c1cc(C=O)cc2c(F)n[nH]c12. The summed E-state index contributed by atoms with van der Waals surface area (Å²) >= 11 is 0. The number of likely N-dealkylation sites (N-methyl/N-ethyl adjacent to an activating group) is 1. The summed E-state index contributed by atoms with van der Waals surface area (Å²) in [6.45, 7) is -0.582. The Balaban J connectivity index is 1.88. The van der Waals surface area contributed by atoms with E-state index in [1.54, 1.807) is 7.05 Å². The summed E-state index contributed by atoms with van der Waals surface area (Å²) in [5.74, 6) is -1.64. The highest BCUT2D eigenvalue weighted by molar-refractivity contribution is 7.89. The van der Waals surface area contributed by atoms with Crippen LogP contribution < -0.4 is 10.9 Å². The quantitative estimate of drug-likeness (QED) is 0.556. The van der Waals surface area contributed by atoms with Gasteiger partial charge in [-0.2, -0.15) is 8.70 Å². The van der Waals surface area contributed by atoms with Crippen LogP contribution in [0.1, 0.15) is 10.4 Å². The number of H-pyrrole nitrogens is 1. The van der Waals surface area contributed by atoms with E-state index in [9.17, 15) is 27.2 Å². The van der Waals surface area contributed by atoms with Crippen molar-refractivity contribution in [3.05, 3.63) is 52.3 Å². The summed E-state index contributed by atoms with van der Waals surface area (Å²) in [7, 11) is -1.58. The Labute approximate surface area is 164 Å². The molecule has 152 valence electrons. The molecule has 0 aliphatic heterocycles. The van der Waals surface area contributed by atoms with Gasteiger partial charge in [0.05, 0.1) is 17.4 Å². The number of aldehydes is 1. The van der Waals surface area contributed by atoms with Gasteiger partial charge in [-0.15, -0.1) is 5.10 Å². The first-order valence-electron chi connectivity index (χ1n) is 8.19. The van der Waals surface area contributed by atoms with Crippen LogP contribution in [-0.4, -0.2) is 53.3 Å². The molecule has 0 atom stereocenters. The third-order valence-electron chi connectivity index (χ3n) is 4.19. The Morgan fingerprint density at radius 1 is 1.38 bits per heavy atom. The number of nitrogens with one attached hydrogen (secondary N) is 2. The summed E-state index contributed by atoms with van der Waals surface area (Å²) < 4.78 is 41.7. The molecule has 3 aromatic rings. The van der Waals surface area contributed by atoms with Gasteiger partial charge in [0, 0.05) is 37.6 Å². The number of amides is 1. The molecule has 0 aliphatic rings.